The highest BCUT2D eigenvalue weighted by atomic mass is 16.5. The molecule has 4 nitrogen and oxygen atoms in total. The maximum Gasteiger partial charge on any atom is 0.313 e. The number of carbonyl (C=O) groups is 2. The smallest absolute Gasteiger partial charge is 0.313 e. The van der Waals surface area contributed by atoms with Crippen LogP contribution in [0.25, 0.3) is 0 Å². The molecule has 0 spiro atoms. The average molecular weight is 353 g/mol. The molecule has 0 bridgehead atoms. The molecule has 138 valence electrons. The molecule has 2 aromatic carbocycles. The number of hydrogen-bond donors (Lipinski definition) is 1. The summed E-state index contributed by atoms with van der Waals surface area (Å²) in [5, 5.41) is 0. The minimum atomic E-state index is -0.370. The van der Waals surface area contributed by atoms with E-state index in [1.54, 1.807) is 18.2 Å². The lowest BCUT2D eigenvalue weighted by molar-refractivity contribution is -0.151. The molecule has 0 saturated heterocycles. The molecule has 26 heavy (non-hydrogen) atoms. The number of esters is 1. The molecule has 1 aliphatic rings. The number of rotatable bonds is 5. The topological polar surface area (TPSA) is 78.4 Å². The van der Waals surface area contributed by atoms with Crippen LogP contribution in [-0.4, -0.2) is 17.9 Å². The summed E-state index contributed by atoms with van der Waals surface area (Å²) in [7, 11) is 0. The van der Waals surface area contributed by atoms with Gasteiger partial charge >= 0.3 is 5.97 Å². The molecule has 0 radical (unpaired) electrons. The Bertz CT molecular complexity index is 736. The van der Waals surface area contributed by atoms with Crippen LogP contribution < -0.4 is 6.15 Å². The van der Waals surface area contributed by atoms with E-state index < -0.39 is 0 Å². The maximum absolute atomic E-state index is 12.6. The van der Waals surface area contributed by atoms with Crippen LogP contribution in [0.2, 0.25) is 0 Å². The zero-order chi connectivity index (χ0) is 17.6. The predicted molar refractivity (Wildman–Crippen MR) is 103 cm³/mol. The Balaban J connectivity index is 0.00000243. The number of hydrogen-bond acceptors (Lipinski definition) is 4. The first-order chi connectivity index (χ1) is 12.1. The number of carbonyl (C=O) groups excluding carboxylic acids is 2. The zero-order valence-electron chi connectivity index (χ0n) is 15.3. The standard InChI is InChI=1S/C22H24O3.H3N/c1-16(22(24)25-20-13-6-3-7-14-20)18-11-8-12-19(15-18)21(23)17-9-4-2-5-10-17;/h2,4-5,8-12,15-16,20H,3,6-7,13-14H2,1H3;1H3. The number of benzene rings is 2. The van der Waals surface area contributed by atoms with Crippen LogP contribution in [0, 0.1) is 0 Å². The third-order valence-electron chi connectivity index (χ3n) is 4.87. The first-order valence-electron chi connectivity index (χ1n) is 9.05. The van der Waals surface area contributed by atoms with E-state index in [0.717, 1.165) is 31.2 Å². The molecule has 1 unspecified atom stereocenters. The fraction of sp³-hybridized carbons (Fsp3) is 0.364. The summed E-state index contributed by atoms with van der Waals surface area (Å²) in [6.45, 7) is 1.84. The predicted octanol–water partition coefficient (Wildman–Crippen LogP) is 5.06. The summed E-state index contributed by atoms with van der Waals surface area (Å²) in [6, 6.07) is 16.5. The Morgan fingerprint density at radius 3 is 2.27 bits per heavy atom. The second-order valence-electron chi connectivity index (χ2n) is 6.74. The molecule has 0 aromatic heterocycles. The monoisotopic (exact) mass is 353 g/mol. The third-order valence-corrected chi connectivity index (χ3v) is 4.87. The van der Waals surface area contributed by atoms with Crippen LogP contribution in [0.15, 0.2) is 54.6 Å². The van der Waals surface area contributed by atoms with Crippen molar-refractivity contribution in [3.63, 3.8) is 0 Å². The van der Waals surface area contributed by atoms with E-state index in [9.17, 15) is 9.59 Å². The molecule has 3 N–H and O–H groups in total. The summed E-state index contributed by atoms with van der Waals surface area (Å²) in [5.74, 6) is -0.600. The maximum atomic E-state index is 12.6. The first kappa shape index (κ1) is 19.9. The summed E-state index contributed by atoms with van der Waals surface area (Å²) in [6.07, 6.45) is 5.47. The van der Waals surface area contributed by atoms with Gasteiger partial charge < -0.3 is 10.9 Å². The molecular formula is C22H27NO3. The van der Waals surface area contributed by atoms with Gasteiger partial charge in [0.2, 0.25) is 0 Å². The number of ketones is 1. The van der Waals surface area contributed by atoms with Gasteiger partial charge in [-0.25, -0.2) is 0 Å². The van der Waals surface area contributed by atoms with Gasteiger partial charge in [0, 0.05) is 11.1 Å². The zero-order valence-corrected chi connectivity index (χ0v) is 15.3. The van der Waals surface area contributed by atoms with Gasteiger partial charge in [-0.15, -0.1) is 0 Å². The summed E-state index contributed by atoms with van der Waals surface area (Å²) in [4.78, 5) is 25.0. The van der Waals surface area contributed by atoms with E-state index in [1.807, 2.05) is 43.3 Å². The molecule has 0 heterocycles. The Hall–Kier alpha value is -2.46. The van der Waals surface area contributed by atoms with E-state index in [4.69, 9.17) is 4.74 Å². The lowest BCUT2D eigenvalue weighted by atomic mass is 9.95. The largest absolute Gasteiger partial charge is 0.462 e. The van der Waals surface area contributed by atoms with Gasteiger partial charge in [-0.05, 0) is 44.2 Å². The normalized spacial score (nSPS) is 15.6. The van der Waals surface area contributed by atoms with Crippen molar-refractivity contribution in [3.8, 4) is 0 Å². The highest BCUT2D eigenvalue weighted by Crippen LogP contribution is 2.25. The fourth-order valence-corrected chi connectivity index (χ4v) is 3.29. The van der Waals surface area contributed by atoms with Crippen molar-refractivity contribution < 1.29 is 14.3 Å². The molecule has 2 aromatic rings. The van der Waals surface area contributed by atoms with E-state index in [0.29, 0.717) is 11.1 Å². The third kappa shape index (κ3) is 4.79. The van der Waals surface area contributed by atoms with Crippen LogP contribution in [0.3, 0.4) is 0 Å². The van der Waals surface area contributed by atoms with Crippen LogP contribution in [-0.2, 0) is 9.53 Å². The molecule has 0 amide bonds. The van der Waals surface area contributed by atoms with Crippen molar-refractivity contribution in [2.24, 2.45) is 0 Å². The quantitative estimate of drug-likeness (QED) is 0.602. The molecule has 1 aliphatic carbocycles. The fourth-order valence-electron chi connectivity index (χ4n) is 3.29. The van der Waals surface area contributed by atoms with E-state index in [2.05, 4.69) is 0 Å². The van der Waals surface area contributed by atoms with Gasteiger partial charge in [0.25, 0.3) is 0 Å². The SMILES string of the molecule is CC(C(=O)OC1CCCCC1)c1cccc(C(=O)c2ccccc2)c1.N. The van der Waals surface area contributed by atoms with Crippen LogP contribution in [0.5, 0.6) is 0 Å². The Labute approximate surface area is 155 Å². The minimum Gasteiger partial charge on any atom is -0.462 e. The summed E-state index contributed by atoms with van der Waals surface area (Å²) >= 11 is 0. The van der Waals surface area contributed by atoms with Crippen molar-refractivity contribution >= 4 is 11.8 Å². The Kier molecular flexibility index (Phi) is 7.10. The van der Waals surface area contributed by atoms with Gasteiger partial charge in [-0.1, -0.05) is 55.0 Å². The van der Waals surface area contributed by atoms with Crippen LogP contribution in [0.4, 0.5) is 0 Å². The number of ether oxygens (including phenoxy) is 1. The van der Waals surface area contributed by atoms with E-state index in [1.165, 1.54) is 6.42 Å². The average Bonchev–Trinajstić information content (AvgIpc) is 2.68. The molecule has 1 atom stereocenters. The summed E-state index contributed by atoms with van der Waals surface area (Å²) < 4.78 is 5.67. The van der Waals surface area contributed by atoms with Gasteiger partial charge in [0.1, 0.15) is 6.10 Å². The molecule has 0 aliphatic heterocycles. The Morgan fingerprint density at radius 2 is 1.58 bits per heavy atom. The van der Waals surface area contributed by atoms with Crippen LogP contribution in [0.1, 0.15) is 66.4 Å². The van der Waals surface area contributed by atoms with Crippen molar-refractivity contribution in [3.05, 3.63) is 71.3 Å². The molecule has 3 rings (SSSR count). The van der Waals surface area contributed by atoms with Crippen molar-refractivity contribution in [1.82, 2.24) is 6.15 Å². The first-order valence-corrected chi connectivity index (χ1v) is 9.05. The van der Waals surface area contributed by atoms with Crippen molar-refractivity contribution in [2.45, 2.75) is 51.0 Å². The molecule has 1 fully saturated rings. The highest BCUT2D eigenvalue weighted by molar-refractivity contribution is 6.09. The van der Waals surface area contributed by atoms with Crippen molar-refractivity contribution in [2.75, 3.05) is 0 Å². The minimum absolute atomic E-state index is 0. The molecule has 4 heteroatoms. The van der Waals surface area contributed by atoms with E-state index in [-0.39, 0.29) is 29.9 Å². The second-order valence-corrected chi connectivity index (χ2v) is 6.74. The van der Waals surface area contributed by atoms with Gasteiger partial charge in [0.15, 0.2) is 5.78 Å². The lowest BCUT2D eigenvalue weighted by Gasteiger charge is -2.23. The van der Waals surface area contributed by atoms with Gasteiger partial charge in [-0.2, -0.15) is 0 Å². The summed E-state index contributed by atoms with van der Waals surface area (Å²) in [5.41, 5.74) is 2.07. The Morgan fingerprint density at radius 1 is 0.923 bits per heavy atom. The van der Waals surface area contributed by atoms with Crippen molar-refractivity contribution in [1.29, 1.82) is 0 Å². The van der Waals surface area contributed by atoms with Gasteiger partial charge in [-0.3, -0.25) is 9.59 Å². The van der Waals surface area contributed by atoms with Crippen LogP contribution >= 0.6 is 0 Å². The molecule has 1 saturated carbocycles. The lowest BCUT2D eigenvalue weighted by Crippen LogP contribution is -2.24. The van der Waals surface area contributed by atoms with E-state index >= 15 is 0 Å². The molecular weight excluding hydrogens is 326 g/mol. The van der Waals surface area contributed by atoms with Gasteiger partial charge in [0.05, 0.1) is 5.92 Å². The highest BCUT2D eigenvalue weighted by Gasteiger charge is 2.23. The second kappa shape index (κ2) is 9.30.